The van der Waals surface area contributed by atoms with Gasteiger partial charge in [-0.2, -0.15) is 4.31 Å². The van der Waals surface area contributed by atoms with Crippen LogP contribution in [0.25, 0.3) is 0 Å². The van der Waals surface area contributed by atoms with Crippen LogP contribution in [0.5, 0.6) is 0 Å². The van der Waals surface area contributed by atoms with Crippen LogP contribution in [-0.4, -0.2) is 72.1 Å². The summed E-state index contributed by atoms with van der Waals surface area (Å²) in [5.74, 6) is -0.546. The molecule has 1 aromatic rings. The molecule has 0 bridgehead atoms. The van der Waals surface area contributed by atoms with E-state index in [0.717, 1.165) is 0 Å². The maximum Gasteiger partial charge on any atom is 0.322 e. The van der Waals surface area contributed by atoms with E-state index in [9.17, 15) is 18.0 Å². The zero-order valence-electron chi connectivity index (χ0n) is 13.1. The molecule has 2 fully saturated rings. The molecule has 0 aromatic carbocycles. The lowest BCUT2D eigenvalue weighted by atomic mass is 10.1. The van der Waals surface area contributed by atoms with Crippen molar-refractivity contribution in [3.05, 3.63) is 18.5 Å². The molecule has 0 spiro atoms. The normalized spacial score (nSPS) is 25.5. The third kappa shape index (κ3) is 3.17. The summed E-state index contributed by atoms with van der Waals surface area (Å²) in [4.78, 5) is 33.3. The first kappa shape index (κ1) is 16.6. The van der Waals surface area contributed by atoms with Crippen molar-refractivity contribution in [3.8, 4) is 0 Å². The van der Waals surface area contributed by atoms with E-state index in [0.29, 0.717) is 19.0 Å². The molecule has 24 heavy (non-hydrogen) atoms. The molecule has 0 aliphatic carbocycles. The molecule has 11 heteroatoms. The van der Waals surface area contributed by atoms with Crippen molar-refractivity contribution in [2.24, 2.45) is 0 Å². The fraction of sp³-hybridized carbons (Fsp3) is 0.538. The van der Waals surface area contributed by atoms with Gasteiger partial charge in [0.25, 0.3) is 5.91 Å². The molecular formula is C13H18N6O4S. The monoisotopic (exact) mass is 354 g/mol. The summed E-state index contributed by atoms with van der Waals surface area (Å²) in [6, 6.07) is 1.04. The van der Waals surface area contributed by atoms with Crippen molar-refractivity contribution < 1.29 is 18.0 Å². The molecule has 1 unspecified atom stereocenters. The van der Waals surface area contributed by atoms with E-state index in [1.165, 1.54) is 11.2 Å². The topological polar surface area (TPSA) is 125 Å². The predicted molar refractivity (Wildman–Crippen MR) is 84.7 cm³/mol. The van der Waals surface area contributed by atoms with Gasteiger partial charge >= 0.3 is 6.03 Å². The molecule has 10 nitrogen and oxygen atoms in total. The van der Waals surface area contributed by atoms with Crippen molar-refractivity contribution in [3.63, 3.8) is 0 Å². The van der Waals surface area contributed by atoms with Gasteiger partial charge < -0.3 is 10.2 Å². The summed E-state index contributed by atoms with van der Waals surface area (Å²) < 4.78 is 26.5. The van der Waals surface area contributed by atoms with Crippen LogP contribution >= 0.6 is 0 Å². The van der Waals surface area contributed by atoms with E-state index in [1.54, 1.807) is 18.5 Å². The highest BCUT2D eigenvalue weighted by molar-refractivity contribution is 7.89. The average molecular weight is 354 g/mol. The third-order valence-electron chi connectivity index (χ3n) is 4.06. The maximum atomic E-state index is 12.6. The van der Waals surface area contributed by atoms with E-state index < -0.39 is 33.3 Å². The fourth-order valence-electron chi connectivity index (χ4n) is 2.76. The lowest BCUT2D eigenvalue weighted by Gasteiger charge is -2.35. The number of carbonyl (C=O) groups excluding carboxylic acids is 2. The highest BCUT2D eigenvalue weighted by atomic mass is 32.2. The number of amides is 3. The van der Waals surface area contributed by atoms with E-state index >= 15 is 0 Å². The van der Waals surface area contributed by atoms with Crippen LogP contribution in [-0.2, 0) is 14.8 Å². The van der Waals surface area contributed by atoms with Crippen molar-refractivity contribution in [2.45, 2.75) is 12.5 Å². The molecular weight excluding hydrogens is 336 g/mol. The van der Waals surface area contributed by atoms with Crippen molar-refractivity contribution in [1.82, 2.24) is 24.9 Å². The number of carbonyl (C=O) groups is 2. The van der Waals surface area contributed by atoms with Crippen LogP contribution in [0.2, 0.25) is 0 Å². The Labute approximate surface area is 139 Å². The second-order valence-electron chi connectivity index (χ2n) is 5.93. The van der Waals surface area contributed by atoms with Gasteiger partial charge in [0.05, 0.1) is 5.75 Å². The Morgan fingerprint density at radius 1 is 1.17 bits per heavy atom. The number of rotatable bonds is 4. The van der Waals surface area contributed by atoms with Gasteiger partial charge in [0.2, 0.25) is 16.0 Å². The minimum absolute atomic E-state index is 0.270. The molecule has 0 saturated carbocycles. The lowest BCUT2D eigenvalue weighted by Crippen LogP contribution is -2.56. The number of urea groups is 1. The molecule has 0 radical (unpaired) electrons. The molecule has 2 aliphatic heterocycles. The summed E-state index contributed by atoms with van der Waals surface area (Å²) in [5, 5.41) is 4.44. The zero-order valence-corrected chi connectivity index (χ0v) is 13.9. The van der Waals surface area contributed by atoms with Crippen LogP contribution in [0, 0.1) is 0 Å². The van der Waals surface area contributed by atoms with Gasteiger partial charge in [0.15, 0.2) is 0 Å². The molecule has 1 aromatic heterocycles. The summed E-state index contributed by atoms with van der Waals surface area (Å²) in [6.07, 6.45) is 3.27. The van der Waals surface area contributed by atoms with Gasteiger partial charge in [-0.25, -0.2) is 23.2 Å². The van der Waals surface area contributed by atoms with Gasteiger partial charge in [-0.05, 0) is 13.0 Å². The third-order valence-corrected chi connectivity index (χ3v) is 6.15. The van der Waals surface area contributed by atoms with Gasteiger partial charge in [0, 0.05) is 38.6 Å². The van der Waals surface area contributed by atoms with Crippen molar-refractivity contribution in [1.29, 1.82) is 0 Å². The first-order valence-electron chi connectivity index (χ1n) is 7.44. The molecule has 2 saturated heterocycles. The Kier molecular flexibility index (Phi) is 4.13. The molecule has 1 atom stereocenters. The summed E-state index contributed by atoms with van der Waals surface area (Å²) in [7, 11) is -3.70. The van der Waals surface area contributed by atoms with E-state index in [1.807, 2.05) is 4.90 Å². The molecule has 3 rings (SSSR count). The standard InChI is InChI=1S/C13H18N6O4S/c1-13(10(20)16-12(21)17-13)9-24(22,23)19-7-5-18(6-8-19)11-14-3-2-4-15-11/h2-4H,5-9H2,1H3,(H2,16,17,20,21). The molecule has 2 aliphatic rings. The van der Waals surface area contributed by atoms with Crippen LogP contribution < -0.4 is 15.5 Å². The van der Waals surface area contributed by atoms with Gasteiger partial charge in [0.1, 0.15) is 5.54 Å². The Bertz CT molecular complexity index is 747. The van der Waals surface area contributed by atoms with Crippen molar-refractivity contribution in [2.75, 3.05) is 36.8 Å². The summed E-state index contributed by atoms with van der Waals surface area (Å²) in [6.45, 7) is 2.86. The van der Waals surface area contributed by atoms with Crippen LogP contribution in [0.1, 0.15) is 6.92 Å². The average Bonchev–Trinajstić information content (AvgIpc) is 2.79. The maximum absolute atomic E-state index is 12.6. The number of hydrogen-bond donors (Lipinski definition) is 2. The number of hydrogen-bond acceptors (Lipinski definition) is 7. The minimum atomic E-state index is -3.70. The SMILES string of the molecule is CC1(CS(=O)(=O)N2CCN(c3ncccn3)CC2)NC(=O)NC1=O. The molecule has 3 heterocycles. The summed E-state index contributed by atoms with van der Waals surface area (Å²) >= 11 is 0. The minimum Gasteiger partial charge on any atom is -0.338 e. The Hall–Kier alpha value is -2.27. The largest absolute Gasteiger partial charge is 0.338 e. The van der Waals surface area contributed by atoms with Gasteiger partial charge in [-0.3, -0.25) is 10.1 Å². The number of anilines is 1. The second kappa shape index (κ2) is 5.98. The number of sulfonamides is 1. The highest BCUT2D eigenvalue weighted by Crippen LogP contribution is 2.18. The number of aromatic nitrogens is 2. The Morgan fingerprint density at radius 2 is 1.79 bits per heavy atom. The van der Waals surface area contributed by atoms with Gasteiger partial charge in [-0.1, -0.05) is 0 Å². The van der Waals surface area contributed by atoms with Crippen LogP contribution in [0.15, 0.2) is 18.5 Å². The first-order chi connectivity index (χ1) is 11.3. The first-order valence-corrected chi connectivity index (χ1v) is 9.04. The smallest absolute Gasteiger partial charge is 0.322 e. The van der Waals surface area contributed by atoms with E-state index in [2.05, 4.69) is 20.6 Å². The second-order valence-corrected chi connectivity index (χ2v) is 7.90. The molecule has 3 amide bonds. The number of nitrogens with zero attached hydrogens (tertiary/aromatic N) is 4. The number of nitrogens with one attached hydrogen (secondary N) is 2. The molecule has 130 valence electrons. The Morgan fingerprint density at radius 3 is 2.33 bits per heavy atom. The van der Waals surface area contributed by atoms with E-state index in [-0.39, 0.29) is 13.1 Å². The lowest BCUT2D eigenvalue weighted by molar-refractivity contribution is -0.122. The van der Waals surface area contributed by atoms with Crippen molar-refractivity contribution >= 4 is 27.9 Å². The predicted octanol–water partition coefficient (Wildman–Crippen LogP) is -1.47. The molecule has 2 N–H and O–H groups in total. The number of piperazine rings is 1. The quantitative estimate of drug-likeness (QED) is 0.632. The van der Waals surface area contributed by atoms with E-state index in [4.69, 9.17) is 0 Å². The zero-order chi connectivity index (χ0) is 17.4. The van der Waals surface area contributed by atoms with Crippen LogP contribution in [0.3, 0.4) is 0 Å². The number of imide groups is 1. The summed E-state index contributed by atoms with van der Waals surface area (Å²) in [5.41, 5.74) is -1.45. The Balaban J connectivity index is 1.65. The highest BCUT2D eigenvalue weighted by Gasteiger charge is 2.46. The fourth-order valence-corrected chi connectivity index (χ4v) is 4.59. The van der Waals surface area contributed by atoms with Gasteiger partial charge in [-0.15, -0.1) is 0 Å². The van der Waals surface area contributed by atoms with Crippen LogP contribution in [0.4, 0.5) is 10.7 Å².